The van der Waals surface area contributed by atoms with Gasteiger partial charge in [-0.1, -0.05) is 40.9 Å². The van der Waals surface area contributed by atoms with E-state index < -0.39 is 35.6 Å². The van der Waals surface area contributed by atoms with Crippen molar-refractivity contribution in [2.45, 2.75) is 31.0 Å². The van der Waals surface area contributed by atoms with Crippen LogP contribution in [0, 0.1) is 6.92 Å². The van der Waals surface area contributed by atoms with Crippen molar-refractivity contribution in [3.05, 3.63) is 67.7 Å². The standard InChI is InChI=1S/C22H18Cl3F3N2O3S/c1-11-4-12(2-3-15(11)20(31)30-14-8-33-34(32)9-14)18-7-21(10-29-18,22(26,27)28)13-5-16(23)19(25)17(24)6-13/h2-6,14H,7-10H2,1H3,(H,30,31). The van der Waals surface area contributed by atoms with Gasteiger partial charge in [0.2, 0.25) is 0 Å². The van der Waals surface area contributed by atoms with Crippen LogP contribution in [0.25, 0.3) is 0 Å². The van der Waals surface area contributed by atoms with Crippen LogP contribution in [-0.2, 0) is 20.7 Å². The van der Waals surface area contributed by atoms with Crippen molar-refractivity contribution in [3.63, 3.8) is 0 Å². The first-order valence-corrected chi connectivity index (χ1v) is 12.5. The second kappa shape index (κ2) is 9.43. The first-order chi connectivity index (χ1) is 15.9. The van der Waals surface area contributed by atoms with E-state index in [1.165, 1.54) is 12.1 Å². The van der Waals surface area contributed by atoms with Gasteiger partial charge in [-0.3, -0.25) is 14.0 Å². The summed E-state index contributed by atoms with van der Waals surface area (Å²) in [4.78, 5) is 16.8. The number of nitrogens with one attached hydrogen (secondary N) is 1. The molecule has 2 aromatic rings. The van der Waals surface area contributed by atoms with E-state index in [1.807, 2.05) is 0 Å². The third-order valence-corrected chi connectivity index (χ3v) is 8.24. The fraction of sp³-hybridized carbons (Fsp3) is 0.364. The molecule has 2 aliphatic rings. The molecule has 0 aliphatic carbocycles. The Labute approximate surface area is 211 Å². The Kier molecular flexibility index (Phi) is 7.05. The van der Waals surface area contributed by atoms with Gasteiger partial charge < -0.3 is 5.32 Å². The molecule has 1 saturated heterocycles. The first-order valence-electron chi connectivity index (χ1n) is 10.1. The van der Waals surface area contributed by atoms with Gasteiger partial charge in [-0.2, -0.15) is 13.2 Å². The molecule has 0 aromatic heterocycles. The van der Waals surface area contributed by atoms with Gasteiger partial charge >= 0.3 is 6.18 Å². The second-order valence-electron chi connectivity index (χ2n) is 8.23. The summed E-state index contributed by atoms with van der Waals surface area (Å²) in [6.07, 6.45) is -5.04. The number of amides is 1. The molecule has 1 N–H and O–H groups in total. The van der Waals surface area contributed by atoms with E-state index in [9.17, 15) is 22.2 Å². The molecular weight excluding hydrogens is 536 g/mol. The summed E-state index contributed by atoms with van der Waals surface area (Å²) >= 11 is 16.5. The molecule has 3 unspecified atom stereocenters. The minimum Gasteiger partial charge on any atom is -0.346 e. The molecule has 2 aromatic carbocycles. The number of alkyl halides is 3. The van der Waals surface area contributed by atoms with Crippen LogP contribution >= 0.6 is 34.8 Å². The molecule has 4 rings (SSSR count). The van der Waals surface area contributed by atoms with Gasteiger partial charge in [-0.05, 0) is 47.9 Å². The van der Waals surface area contributed by atoms with Crippen LogP contribution in [0.2, 0.25) is 15.1 Å². The molecule has 0 bridgehead atoms. The Bertz CT molecular complexity index is 1200. The van der Waals surface area contributed by atoms with Gasteiger partial charge in [0.1, 0.15) is 5.41 Å². The average molecular weight is 554 g/mol. The number of halogens is 6. The predicted molar refractivity (Wildman–Crippen MR) is 127 cm³/mol. The Morgan fingerprint density at radius 3 is 2.44 bits per heavy atom. The van der Waals surface area contributed by atoms with E-state index in [1.54, 1.807) is 25.1 Å². The number of benzene rings is 2. The molecule has 1 amide bonds. The predicted octanol–water partition coefficient (Wildman–Crippen LogP) is 5.44. The maximum absolute atomic E-state index is 14.3. The minimum atomic E-state index is -4.63. The monoisotopic (exact) mass is 552 g/mol. The molecular formula is C22H18Cl3F3N2O3S. The normalized spacial score (nSPS) is 24.9. The number of aryl methyl sites for hydroxylation is 1. The highest BCUT2D eigenvalue weighted by atomic mass is 35.5. The number of nitrogens with zero attached hydrogens (tertiary/aromatic N) is 1. The van der Waals surface area contributed by atoms with Gasteiger partial charge in [0, 0.05) is 17.7 Å². The molecule has 0 spiro atoms. The fourth-order valence-corrected chi connectivity index (χ4v) is 5.58. The number of carbonyl (C=O) groups is 1. The molecule has 12 heteroatoms. The van der Waals surface area contributed by atoms with Crippen LogP contribution in [0.15, 0.2) is 35.3 Å². The van der Waals surface area contributed by atoms with Crippen molar-refractivity contribution < 1.29 is 26.4 Å². The molecule has 3 atom stereocenters. The molecule has 0 saturated carbocycles. The van der Waals surface area contributed by atoms with Gasteiger partial charge in [0.15, 0.2) is 11.1 Å². The minimum absolute atomic E-state index is 0.0107. The van der Waals surface area contributed by atoms with Gasteiger partial charge in [-0.15, -0.1) is 0 Å². The van der Waals surface area contributed by atoms with E-state index in [0.717, 1.165) is 0 Å². The Hall–Kier alpha value is -1.65. The molecule has 5 nitrogen and oxygen atoms in total. The lowest BCUT2D eigenvalue weighted by molar-refractivity contribution is -0.183. The van der Waals surface area contributed by atoms with Crippen LogP contribution in [0.3, 0.4) is 0 Å². The number of aliphatic imine (C=N–C) groups is 1. The Balaban J connectivity index is 1.59. The molecule has 0 radical (unpaired) electrons. The van der Waals surface area contributed by atoms with Crippen molar-refractivity contribution in [1.29, 1.82) is 0 Å². The van der Waals surface area contributed by atoms with E-state index in [-0.39, 0.29) is 50.7 Å². The van der Waals surface area contributed by atoms with E-state index in [0.29, 0.717) is 16.7 Å². The summed E-state index contributed by atoms with van der Waals surface area (Å²) in [6.45, 7) is 1.32. The fourth-order valence-electron chi connectivity index (χ4n) is 4.06. The van der Waals surface area contributed by atoms with Crippen LogP contribution in [0.1, 0.15) is 33.5 Å². The van der Waals surface area contributed by atoms with Crippen molar-refractivity contribution >= 4 is 57.5 Å². The zero-order valence-electron chi connectivity index (χ0n) is 17.6. The van der Waals surface area contributed by atoms with Gasteiger partial charge in [-0.25, -0.2) is 4.21 Å². The van der Waals surface area contributed by atoms with Crippen LogP contribution in [0.4, 0.5) is 13.2 Å². The SMILES string of the molecule is Cc1cc(C2=NCC(c3cc(Cl)c(Cl)c(Cl)c3)(C(F)(F)F)C2)ccc1C(=O)NC1COS(=O)C1. The molecule has 34 heavy (non-hydrogen) atoms. The van der Waals surface area contributed by atoms with Gasteiger partial charge in [0.05, 0.1) is 40.0 Å². The quantitative estimate of drug-likeness (QED) is 0.513. The number of rotatable bonds is 4. The van der Waals surface area contributed by atoms with E-state index in [2.05, 4.69) is 10.3 Å². The largest absolute Gasteiger partial charge is 0.400 e. The van der Waals surface area contributed by atoms with Crippen molar-refractivity contribution in [2.24, 2.45) is 4.99 Å². The second-order valence-corrected chi connectivity index (χ2v) is 10.6. The van der Waals surface area contributed by atoms with Crippen LogP contribution < -0.4 is 5.32 Å². The maximum Gasteiger partial charge on any atom is 0.400 e. The lowest BCUT2D eigenvalue weighted by Gasteiger charge is -2.32. The lowest BCUT2D eigenvalue weighted by Crippen LogP contribution is -2.43. The zero-order valence-corrected chi connectivity index (χ0v) is 20.7. The van der Waals surface area contributed by atoms with Crippen molar-refractivity contribution in [1.82, 2.24) is 5.32 Å². The van der Waals surface area contributed by atoms with Crippen LogP contribution in [0.5, 0.6) is 0 Å². The summed E-state index contributed by atoms with van der Waals surface area (Å²) in [5.41, 5.74) is -0.742. The Morgan fingerprint density at radius 1 is 1.21 bits per heavy atom. The third-order valence-electron chi connectivity index (χ3n) is 5.97. The molecule has 1 fully saturated rings. The Morgan fingerprint density at radius 2 is 1.88 bits per heavy atom. The summed E-state index contributed by atoms with van der Waals surface area (Å²) in [5, 5.41) is 2.61. The van der Waals surface area contributed by atoms with Gasteiger partial charge in [0.25, 0.3) is 5.91 Å². The number of hydrogen-bond donors (Lipinski definition) is 1. The first kappa shape index (κ1) is 25.4. The maximum atomic E-state index is 14.3. The van der Waals surface area contributed by atoms with E-state index in [4.69, 9.17) is 39.0 Å². The lowest BCUT2D eigenvalue weighted by atomic mass is 9.76. The summed E-state index contributed by atoms with van der Waals surface area (Å²) in [6, 6.07) is 6.74. The number of hydrogen-bond acceptors (Lipinski definition) is 4. The average Bonchev–Trinajstić information content (AvgIpc) is 3.38. The summed E-state index contributed by atoms with van der Waals surface area (Å²) < 4.78 is 59.3. The summed E-state index contributed by atoms with van der Waals surface area (Å²) in [7, 11) is 0. The highest BCUT2D eigenvalue weighted by molar-refractivity contribution is 7.80. The molecule has 182 valence electrons. The van der Waals surface area contributed by atoms with Crippen LogP contribution in [-0.4, -0.2) is 47.0 Å². The van der Waals surface area contributed by atoms with Crippen molar-refractivity contribution in [3.8, 4) is 0 Å². The number of carbonyl (C=O) groups excluding carboxylic acids is 1. The molecule has 2 heterocycles. The molecule has 2 aliphatic heterocycles. The highest BCUT2D eigenvalue weighted by Crippen LogP contribution is 2.49. The summed E-state index contributed by atoms with van der Waals surface area (Å²) in [5.74, 6) is -0.169. The third kappa shape index (κ3) is 4.73. The highest BCUT2D eigenvalue weighted by Gasteiger charge is 2.58. The topological polar surface area (TPSA) is 67.8 Å². The smallest absolute Gasteiger partial charge is 0.346 e. The van der Waals surface area contributed by atoms with E-state index >= 15 is 0 Å². The zero-order chi connectivity index (χ0) is 24.8. The van der Waals surface area contributed by atoms with Crippen molar-refractivity contribution in [2.75, 3.05) is 18.9 Å².